The maximum absolute atomic E-state index is 13.0. The number of rotatable bonds is 2. The molecule has 12 heavy (non-hydrogen) atoms. The van der Waals surface area contributed by atoms with E-state index < -0.39 is 5.82 Å². The number of halogens is 2. The van der Waals surface area contributed by atoms with Crippen molar-refractivity contribution in [1.82, 2.24) is 0 Å². The molecule has 0 unspecified atom stereocenters. The highest BCUT2D eigenvalue weighted by atomic mass is 79.9. The summed E-state index contributed by atoms with van der Waals surface area (Å²) in [5.74, 6) is -0.116. The van der Waals surface area contributed by atoms with Crippen LogP contribution >= 0.6 is 15.9 Å². The van der Waals surface area contributed by atoms with Crippen LogP contribution in [0.15, 0.2) is 16.6 Å². The monoisotopic (exact) mass is 234 g/mol. The molecule has 1 rings (SSSR count). The van der Waals surface area contributed by atoms with Crippen molar-refractivity contribution >= 4 is 15.9 Å². The number of hydrogen-bond acceptors (Lipinski definition) is 2. The van der Waals surface area contributed by atoms with Crippen LogP contribution in [0.25, 0.3) is 0 Å². The fourth-order valence-corrected chi connectivity index (χ4v) is 1.48. The molecule has 0 aliphatic rings. The van der Waals surface area contributed by atoms with Gasteiger partial charge in [0.15, 0.2) is 0 Å². The SMILES string of the molecule is COc1c(Br)ccc(F)c1CO. The van der Waals surface area contributed by atoms with Crippen molar-refractivity contribution in [1.29, 1.82) is 0 Å². The molecule has 0 fully saturated rings. The summed E-state index contributed by atoms with van der Waals surface area (Å²) in [5.41, 5.74) is 0.173. The van der Waals surface area contributed by atoms with Crippen molar-refractivity contribution in [3.8, 4) is 5.75 Å². The van der Waals surface area contributed by atoms with Gasteiger partial charge in [0.1, 0.15) is 11.6 Å². The van der Waals surface area contributed by atoms with E-state index in [4.69, 9.17) is 9.84 Å². The zero-order chi connectivity index (χ0) is 9.14. The Morgan fingerprint density at radius 3 is 2.67 bits per heavy atom. The lowest BCUT2D eigenvalue weighted by Crippen LogP contribution is -1.96. The molecule has 1 aromatic rings. The highest BCUT2D eigenvalue weighted by molar-refractivity contribution is 9.10. The molecule has 4 heteroatoms. The Morgan fingerprint density at radius 1 is 1.58 bits per heavy atom. The molecule has 0 bridgehead atoms. The molecule has 0 aromatic heterocycles. The van der Waals surface area contributed by atoms with Gasteiger partial charge in [-0.25, -0.2) is 4.39 Å². The summed E-state index contributed by atoms with van der Waals surface area (Å²) in [4.78, 5) is 0. The molecular formula is C8H8BrFO2. The van der Waals surface area contributed by atoms with E-state index in [1.165, 1.54) is 19.2 Å². The third-order valence-electron chi connectivity index (χ3n) is 1.52. The molecule has 1 N–H and O–H groups in total. The molecule has 1 aromatic carbocycles. The molecule has 0 aliphatic carbocycles. The molecule has 2 nitrogen and oxygen atoms in total. The number of hydrogen-bond donors (Lipinski definition) is 1. The molecule has 0 spiro atoms. The predicted octanol–water partition coefficient (Wildman–Crippen LogP) is 2.09. The first kappa shape index (κ1) is 9.48. The summed E-state index contributed by atoms with van der Waals surface area (Å²) < 4.78 is 18.5. The van der Waals surface area contributed by atoms with Gasteiger partial charge in [0.25, 0.3) is 0 Å². The summed E-state index contributed by atoms with van der Waals surface area (Å²) in [6.45, 7) is -0.367. The number of benzene rings is 1. The van der Waals surface area contributed by atoms with E-state index >= 15 is 0 Å². The second-order valence-electron chi connectivity index (χ2n) is 2.20. The minimum Gasteiger partial charge on any atom is -0.495 e. The van der Waals surface area contributed by atoms with Gasteiger partial charge in [-0.2, -0.15) is 0 Å². The molecular weight excluding hydrogens is 227 g/mol. The quantitative estimate of drug-likeness (QED) is 0.850. The Bertz CT molecular complexity index is 260. The number of aliphatic hydroxyl groups excluding tert-OH is 1. The molecule has 0 amide bonds. The Balaban J connectivity index is 3.28. The zero-order valence-electron chi connectivity index (χ0n) is 6.47. The molecule has 0 saturated carbocycles. The summed E-state index contributed by atoms with van der Waals surface area (Å²) in [5, 5.41) is 8.81. The minimum absolute atomic E-state index is 0.173. The summed E-state index contributed by atoms with van der Waals surface area (Å²) in [6.07, 6.45) is 0. The molecule has 0 heterocycles. The zero-order valence-corrected chi connectivity index (χ0v) is 8.06. The van der Waals surface area contributed by atoms with Crippen LogP contribution in [-0.4, -0.2) is 12.2 Å². The van der Waals surface area contributed by atoms with Crippen LogP contribution in [0, 0.1) is 5.82 Å². The highest BCUT2D eigenvalue weighted by Gasteiger charge is 2.11. The maximum atomic E-state index is 13.0. The summed E-state index contributed by atoms with van der Waals surface area (Å²) >= 11 is 3.18. The van der Waals surface area contributed by atoms with E-state index in [-0.39, 0.29) is 12.2 Å². The standard InChI is InChI=1S/C8H8BrFO2/c1-12-8-5(4-11)7(10)3-2-6(8)9/h2-3,11H,4H2,1H3. The van der Waals surface area contributed by atoms with Crippen molar-refractivity contribution in [2.45, 2.75) is 6.61 Å². The van der Waals surface area contributed by atoms with Crippen LogP contribution < -0.4 is 4.74 Å². The lowest BCUT2D eigenvalue weighted by atomic mass is 10.2. The fourth-order valence-electron chi connectivity index (χ4n) is 0.943. The van der Waals surface area contributed by atoms with Gasteiger partial charge in [-0.05, 0) is 28.1 Å². The largest absolute Gasteiger partial charge is 0.495 e. The fraction of sp³-hybridized carbons (Fsp3) is 0.250. The third-order valence-corrected chi connectivity index (χ3v) is 2.14. The van der Waals surface area contributed by atoms with Crippen LogP contribution in [-0.2, 0) is 6.61 Å². The van der Waals surface area contributed by atoms with Gasteiger partial charge in [-0.1, -0.05) is 0 Å². The second kappa shape index (κ2) is 3.87. The van der Waals surface area contributed by atoms with Gasteiger partial charge in [-0.3, -0.25) is 0 Å². The first-order chi connectivity index (χ1) is 5.70. The van der Waals surface area contributed by atoms with Gasteiger partial charge in [0.2, 0.25) is 0 Å². The smallest absolute Gasteiger partial charge is 0.141 e. The molecule has 0 atom stereocenters. The Labute approximate surface area is 78.1 Å². The minimum atomic E-state index is -0.461. The first-order valence-electron chi connectivity index (χ1n) is 3.32. The van der Waals surface area contributed by atoms with E-state index in [1.807, 2.05) is 0 Å². The average Bonchev–Trinajstić information content (AvgIpc) is 2.08. The number of methoxy groups -OCH3 is 1. The van der Waals surface area contributed by atoms with E-state index in [0.717, 1.165) is 0 Å². The van der Waals surface area contributed by atoms with Gasteiger partial charge < -0.3 is 9.84 Å². The van der Waals surface area contributed by atoms with E-state index in [2.05, 4.69) is 15.9 Å². The predicted molar refractivity (Wildman–Crippen MR) is 46.6 cm³/mol. The van der Waals surface area contributed by atoms with Gasteiger partial charge in [0, 0.05) is 0 Å². The summed E-state index contributed by atoms with van der Waals surface area (Å²) in [6, 6.07) is 2.81. The molecule has 0 saturated heterocycles. The van der Waals surface area contributed by atoms with Crippen molar-refractivity contribution in [2.75, 3.05) is 7.11 Å². The van der Waals surface area contributed by atoms with Gasteiger partial charge in [-0.15, -0.1) is 0 Å². The van der Waals surface area contributed by atoms with E-state index in [9.17, 15) is 4.39 Å². The van der Waals surface area contributed by atoms with Crippen molar-refractivity contribution in [2.24, 2.45) is 0 Å². The van der Waals surface area contributed by atoms with Crippen LogP contribution in [0.5, 0.6) is 5.75 Å². The lowest BCUT2D eigenvalue weighted by Gasteiger charge is -2.08. The number of aliphatic hydroxyl groups is 1. The van der Waals surface area contributed by atoms with Crippen molar-refractivity contribution < 1.29 is 14.2 Å². The number of ether oxygens (including phenoxy) is 1. The van der Waals surface area contributed by atoms with Crippen LogP contribution in [0.1, 0.15) is 5.56 Å². The van der Waals surface area contributed by atoms with Gasteiger partial charge >= 0.3 is 0 Å². The Hall–Kier alpha value is -0.610. The first-order valence-corrected chi connectivity index (χ1v) is 4.11. The average molecular weight is 235 g/mol. The highest BCUT2D eigenvalue weighted by Crippen LogP contribution is 2.30. The van der Waals surface area contributed by atoms with E-state index in [1.54, 1.807) is 0 Å². The van der Waals surface area contributed by atoms with Crippen LogP contribution in [0.2, 0.25) is 0 Å². The third kappa shape index (κ3) is 1.59. The van der Waals surface area contributed by atoms with Crippen molar-refractivity contribution in [3.63, 3.8) is 0 Å². The normalized spacial score (nSPS) is 10.0. The van der Waals surface area contributed by atoms with Crippen molar-refractivity contribution in [3.05, 3.63) is 28.0 Å². The van der Waals surface area contributed by atoms with Gasteiger partial charge in [0.05, 0.1) is 23.8 Å². The second-order valence-corrected chi connectivity index (χ2v) is 3.05. The lowest BCUT2D eigenvalue weighted by molar-refractivity contribution is 0.266. The molecule has 0 aliphatic heterocycles. The Kier molecular flexibility index (Phi) is 3.05. The van der Waals surface area contributed by atoms with E-state index in [0.29, 0.717) is 10.2 Å². The summed E-state index contributed by atoms with van der Waals surface area (Å²) in [7, 11) is 1.43. The maximum Gasteiger partial charge on any atom is 0.141 e. The molecule has 66 valence electrons. The van der Waals surface area contributed by atoms with Crippen LogP contribution in [0.4, 0.5) is 4.39 Å². The molecule has 0 radical (unpaired) electrons. The topological polar surface area (TPSA) is 29.5 Å². The Morgan fingerprint density at radius 2 is 2.25 bits per heavy atom. The van der Waals surface area contributed by atoms with Crippen LogP contribution in [0.3, 0.4) is 0 Å².